The monoisotopic (exact) mass is 621 g/mol. The number of anilines is 1. The first-order valence-corrected chi connectivity index (χ1v) is 14.1. The summed E-state index contributed by atoms with van der Waals surface area (Å²) in [5.41, 5.74) is 3.79. The minimum Gasteiger partial charge on any atom is -0.503 e. The van der Waals surface area contributed by atoms with Crippen molar-refractivity contribution in [2.75, 3.05) is 12.0 Å². The van der Waals surface area contributed by atoms with Crippen LogP contribution in [0.4, 0.5) is 5.69 Å². The van der Waals surface area contributed by atoms with Crippen molar-refractivity contribution in [1.29, 1.82) is 0 Å². The van der Waals surface area contributed by atoms with Crippen molar-refractivity contribution in [3.8, 4) is 11.5 Å². The highest BCUT2D eigenvalue weighted by Crippen LogP contribution is 2.56. The normalized spacial score (nSPS) is 25.9. The molecule has 2 amide bonds. The van der Waals surface area contributed by atoms with Gasteiger partial charge in [0.05, 0.1) is 29.1 Å². The molecular weight excluding hydrogens is 598 g/mol. The van der Waals surface area contributed by atoms with E-state index in [1.165, 1.54) is 18.1 Å². The number of carbonyl (C=O) groups excluding carboxylic acids is 4. The highest BCUT2D eigenvalue weighted by Gasteiger charge is 2.56. The van der Waals surface area contributed by atoms with Gasteiger partial charge in [0, 0.05) is 27.7 Å². The number of imide groups is 1. The van der Waals surface area contributed by atoms with Gasteiger partial charge in [-0.25, -0.2) is 4.90 Å². The zero-order valence-electron chi connectivity index (χ0n) is 22.0. The zero-order valence-corrected chi connectivity index (χ0v) is 24.3. The van der Waals surface area contributed by atoms with Gasteiger partial charge in [-0.15, -0.1) is 0 Å². The number of nitrogens with zero attached hydrogens (tertiary/aromatic N) is 1. The fraction of sp³-hybridized carbons (Fsp3) is 0.290. The summed E-state index contributed by atoms with van der Waals surface area (Å²) < 4.78 is 5.75. The highest BCUT2D eigenvalue weighted by molar-refractivity contribution is 9.10. The maximum Gasteiger partial charge on any atom is 0.238 e. The summed E-state index contributed by atoms with van der Waals surface area (Å²) in [6, 6.07) is 8.46. The molecule has 1 aliphatic heterocycles. The number of carbonyl (C=O) groups is 4. The molecule has 2 aromatic rings. The molecule has 6 rings (SSSR count). The lowest BCUT2D eigenvalue weighted by atomic mass is 9.59. The van der Waals surface area contributed by atoms with Crippen molar-refractivity contribution in [3.05, 3.63) is 85.4 Å². The molecule has 1 fully saturated rings. The van der Waals surface area contributed by atoms with Crippen LogP contribution in [0.15, 0.2) is 69.2 Å². The highest BCUT2D eigenvalue weighted by atomic mass is 79.9. The van der Waals surface area contributed by atoms with Gasteiger partial charge in [0.2, 0.25) is 11.8 Å². The second-order valence-corrected chi connectivity index (χ2v) is 12.0. The number of allylic oxidation sites excluding steroid dienone is 6. The minimum absolute atomic E-state index is 0.0868. The summed E-state index contributed by atoms with van der Waals surface area (Å²) in [6.45, 7) is 3.46. The number of hydrogen-bond acceptors (Lipinski definition) is 6. The lowest BCUT2D eigenvalue weighted by Gasteiger charge is -2.42. The molecule has 0 saturated carbocycles. The van der Waals surface area contributed by atoms with E-state index in [1.807, 2.05) is 13.0 Å². The van der Waals surface area contributed by atoms with Crippen molar-refractivity contribution in [2.24, 2.45) is 17.8 Å². The van der Waals surface area contributed by atoms with Crippen LogP contribution in [0, 0.1) is 24.7 Å². The molecule has 0 aromatic heterocycles. The van der Waals surface area contributed by atoms with Gasteiger partial charge in [-0.2, -0.15) is 0 Å². The Morgan fingerprint density at radius 2 is 1.80 bits per heavy atom. The summed E-state index contributed by atoms with van der Waals surface area (Å²) in [5, 5.41) is 10.9. The summed E-state index contributed by atoms with van der Waals surface area (Å²) in [5.74, 6) is -3.39. The van der Waals surface area contributed by atoms with E-state index in [9.17, 15) is 24.3 Å². The van der Waals surface area contributed by atoms with Crippen molar-refractivity contribution in [1.82, 2.24) is 0 Å². The Bertz CT molecular complexity index is 1650. The SMILES string of the molecule is COc1cc([C@H]2C3=CC[C@@H]4C(=O)N(c5ccc(C)c(Cl)c5)C(=O)[C@@H]4[C@@H]3CC3=C2C(=O)C=C(C)C3=O)cc(Br)c1O. The number of ether oxygens (including phenoxy) is 1. The van der Waals surface area contributed by atoms with Gasteiger partial charge < -0.3 is 9.84 Å². The largest absolute Gasteiger partial charge is 0.503 e. The lowest BCUT2D eigenvalue weighted by molar-refractivity contribution is -0.123. The topological polar surface area (TPSA) is 101 Å². The lowest BCUT2D eigenvalue weighted by Crippen LogP contribution is -2.39. The van der Waals surface area contributed by atoms with Gasteiger partial charge in [-0.1, -0.05) is 29.3 Å². The van der Waals surface area contributed by atoms with E-state index in [1.54, 1.807) is 37.3 Å². The average molecular weight is 623 g/mol. The van der Waals surface area contributed by atoms with Gasteiger partial charge in [-0.05, 0) is 90.0 Å². The zero-order chi connectivity index (χ0) is 28.6. The Morgan fingerprint density at radius 1 is 1.05 bits per heavy atom. The number of fused-ring (bicyclic) bond motifs is 3. The van der Waals surface area contributed by atoms with E-state index >= 15 is 0 Å². The fourth-order valence-electron chi connectivity index (χ4n) is 6.65. The van der Waals surface area contributed by atoms with E-state index in [2.05, 4.69) is 15.9 Å². The van der Waals surface area contributed by atoms with Crippen LogP contribution in [0.25, 0.3) is 0 Å². The molecule has 2 aromatic carbocycles. The summed E-state index contributed by atoms with van der Waals surface area (Å²) in [4.78, 5) is 55.7. The fourth-order valence-corrected chi connectivity index (χ4v) is 7.29. The Balaban J connectivity index is 1.50. The first kappa shape index (κ1) is 26.7. The smallest absolute Gasteiger partial charge is 0.238 e. The number of ketones is 2. The van der Waals surface area contributed by atoms with Gasteiger partial charge >= 0.3 is 0 Å². The molecule has 1 N–H and O–H groups in total. The van der Waals surface area contributed by atoms with E-state index in [0.717, 1.165) is 11.1 Å². The molecule has 0 bridgehead atoms. The van der Waals surface area contributed by atoms with E-state index in [4.69, 9.17) is 16.3 Å². The number of benzene rings is 2. The number of halogens is 2. The summed E-state index contributed by atoms with van der Waals surface area (Å²) in [6.07, 6.45) is 3.82. The maximum atomic E-state index is 14.0. The molecule has 4 aliphatic rings. The number of aryl methyl sites for hydroxylation is 1. The molecule has 7 nitrogen and oxygen atoms in total. The third-order valence-corrected chi connectivity index (χ3v) is 9.59. The van der Waals surface area contributed by atoms with Crippen LogP contribution in [0.1, 0.15) is 36.8 Å². The van der Waals surface area contributed by atoms with Crippen molar-refractivity contribution >= 4 is 56.6 Å². The molecule has 40 heavy (non-hydrogen) atoms. The van der Waals surface area contributed by atoms with Crippen molar-refractivity contribution in [2.45, 2.75) is 32.6 Å². The van der Waals surface area contributed by atoms with Crippen LogP contribution >= 0.6 is 27.5 Å². The quantitative estimate of drug-likeness (QED) is 0.266. The standard InChI is InChI=1S/C31H25BrClNO6/c1-13-4-5-16(11-22(13)33)34-30(38)18-7-6-17-19(26(18)31(34)39)12-20-27(23(35)8-14(2)28(20)36)25(17)15-9-21(32)29(37)24(10-15)40-3/h4-6,8-11,18-19,25-26,37H,7,12H2,1-3H3/t18-,19+,25-,26-/m0/s1. The van der Waals surface area contributed by atoms with Gasteiger partial charge in [0.15, 0.2) is 23.1 Å². The van der Waals surface area contributed by atoms with Crippen molar-refractivity contribution < 1.29 is 29.0 Å². The molecule has 1 heterocycles. The van der Waals surface area contributed by atoms with Crippen LogP contribution in [0.3, 0.4) is 0 Å². The number of hydrogen-bond donors (Lipinski definition) is 1. The number of aromatic hydroxyl groups is 1. The predicted octanol–water partition coefficient (Wildman–Crippen LogP) is 5.76. The molecule has 1 saturated heterocycles. The number of phenols is 1. The van der Waals surface area contributed by atoms with E-state index in [-0.39, 0.29) is 41.3 Å². The van der Waals surface area contributed by atoms with Crippen LogP contribution in [-0.2, 0) is 19.2 Å². The average Bonchev–Trinajstić information content (AvgIpc) is 3.18. The molecule has 3 aliphatic carbocycles. The van der Waals surface area contributed by atoms with Crippen LogP contribution < -0.4 is 9.64 Å². The minimum atomic E-state index is -0.694. The molecule has 0 unspecified atom stereocenters. The van der Waals surface area contributed by atoms with Gasteiger partial charge in [-0.3, -0.25) is 19.2 Å². The summed E-state index contributed by atoms with van der Waals surface area (Å²) in [7, 11) is 1.43. The van der Waals surface area contributed by atoms with Crippen LogP contribution in [0.2, 0.25) is 5.02 Å². The molecule has 9 heteroatoms. The first-order chi connectivity index (χ1) is 19.0. The number of Topliss-reactive ketones (excluding diaryl/α,β-unsaturated/α-hetero) is 1. The first-order valence-electron chi connectivity index (χ1n) is 12.9. The van der Waals surface area contributed by atoms with Crippen molar-refractivity contribution in [3.63, 3.8) is 0 Å². The third kappa shape index (κ3) is 3.84. The Kier molecular flexibility index (Phi) is 6.39. The molecule has 204 valence electrons. The molecular formula is C31H25BrClNO6. The van der Waals surface area contributed by atoms with Crippen LogP contribution in [0.5, 0.6) is 11.5 Å². The Morgan fingerprint density at radius 3 is 2.50 bits per heavy atom. The molecule has 0 spiro atoms. The third-order valence-electron chi connectivity index (χ3n) is 8.58. The number of phenolic OH excluding ortho intramolecular Hbond substituents is 1. The maximum absolute atomic E-state index is 14.0. The predicted molar refractivity (Wildman–Crippen MR) is 152 cm³/mol. The Hall–Kier alpha value is -3.49. The summed E-state index contributed by atoms with van der Waals surface area (Å²) >= 11 is 9.71. The number of amides is 2. The second kappa shape index (κ2) is 9.56. The van der Waals surface area contributed by atoms with Gasteiger partial charge in [0.25, 0.3) is 0 Å². The van der Waals surface area contributed by atoms with E-state index in [0.29, 0.717) is 43.9 Å². The Labute approximate surface area is 244 Å². The second-order valence-electron chi connectivity index (χ2n) is 10.7. The van der Waals surface area contributed by atoms with E-state index < -0.39 is 23.7 Å². The molecule has 4 atom stereocenters. The number of rotatable bonds is 3. The molecule has 0 radical (unpaired) electrons. The number of methoxy groups -OCH3 is 1. The van der Waals surface area contributed by atoms with Gasteiger partial charge in [0.1, 0.15) is 0 Å². The van der Waals surface area contributed by atoms with Crippen LogP contribution in [-0.4, -0.2) is 35.6 Å².